The topological polar surface area (TPSA) is 37.8 Å². The molecule has 1 aromatic heterocycles. The zero-order chi connectivity index (χ0) is 15.5. The standard InChI is InChI=1S/C17H22ClN3/c1-5-14-15(18)16(21-11-20-14)19-10-12-6-8-13(9-7-12)17(2,3)4/h6-9,11H,5,10H2,1-4H3,(H,19,20,21). The van der Waals surface area contributed by atoms with Crippen LogP contribution in [0, 0.1) is 0 Å². The molecule has 0 saturated heterocycles. The molecule has 0 radical (unpaired) electrons. The summed E-state index contributed by atoms with van der Waals surface area (Å²) in [6.07, 6.45) is 2.35. The number of hydrogen-bond donors (Lipinski definition) is 1. The first-order chi connectivity index (χ1) is 9.91. The molecule has 0 aliphatic rings. The first-order valence-electron chi connectivity index (χ1n) is 7.24. The Morgan fingerprint density at radius 1 is 1.10 bits per heavy atom. The largest absolute Gasteiger partial charge is 0.365 e. The molecule has 3 nitrogen and oxygen atoms in total. The molecule has 2 aromatic rings. The van der Waals surface area contributed by atoms with E-state index in [1.807, 2.05) is 6.92 Å². The van der Waals surface area contributed by atoms with E-state index in [-0.39, 0.29) is 5.41 Å². The van der Waals surface area contributed by atoms with E-state index in [2.05, 4.69) is 60.3 Å². The molecule has 0 spiro atoms. The zero-order valence-corrected chi connectivity index (χ0v) is 13.8. The number of rotatable bonds is 4. The zero-order valence-electron chi connectivity index (χ0n) is 13.1. The predicted octanol–water partition coefficient (Wildman–Crippen LogP) is 4.60. The average molecular weight is 304 g/mol. The van der Waals surface area contributed by atoms with Gasteiger partial charge in [-0.15, -0.1) is 0 Å². The van der Waals surface area contributed by atoms with Gasteiger partial charge in [0.25, 0.3) is 0 Å². The van der Waals surface area contributed by atoms with E-state index in [0.717, 1.165) is 12.1 Å². The van der Waals surface area contributed by atoms with Crippen molar-refractivity contribution in [2.24, 2.45) is 0 Å². The Morgan fingerprint density at radius 3 is 2.33 bits per heavy atom. The van der Waals surface area contributed by atoms with E-state index in [0.29, 0.717) is 17.4 Å². The van der Waals surface area contributed by atoms with Gasteiger partial charge in [-0.05, 0) is 23.0 Å². The fraction of sp³-hybridized carbons (Fsp3) is 0.412. The van der Waals surface area contributed by atoms with Gasteiger partial charge in [0.2, 0.25) is 0 Å². The van der Waals surface area contributed by atoms with Crippen LogP contribution in [0.1, 0.15) is 44.5 Å². The molecule has 0 unspecified atom stereocenters. The lowest BCUT2D eigenvalue weighted by molar-refractivity contribution is 0.590. The Balaban J connectivity index is 2.07. The van der Waals surface area contributed by atoms with Crippen molar-refractivity contribution < 1.29 is 0 Å². The third-order valence-corrected chi connectivity index (χ3v) is 3.87. The summed E-state index contributed by atoms with van der Waals surface area (Å²) in [5.74, 6) is 0.698. The lowest BCUT2D eigenvalue weighted by Crippen LogP contribution is -2.11. The minimum Gasteiger partial charge on any atom is -0.365 e. The van der Waals surface area contributed by atoms with Gasteiger partial charge in [-0.1, -0.05) is 63.6 Å². The number of benzene rings is 1. The van der Waals surface area contributed by atoms with Crippen LogP contribution < -0.4 is 5.32 Å². The maximum absolute atomic E-state index is 6.27. The van der Waals surface area contributed by atoms with Crippen LogP contribution >= 0.6 is 11.6 Å². The highest BCUT2D eigenvalue weighted by Crippen LogP contribution is 2.24. The Kier molecular flexibility index (Phi) is 4.84. The summed E-state index contributed by atoms with van der Waals surface area (Å²) in [6.45, 7) is 9.38. The molecule has 1 N–H and O–H groups in total. The maximum Gasteiger partial charge on any atom is 0.148 e. The van der Waals surface area contributed by atoms with Crippen molar-refractivity contribution in [3.8, 4) is 0 Å². The molecule has 21 heavy (non-hydrogen) atoms. The summed E-state index contributed by atoms with van der Waals surface area (Å²) in [5.41, 5.74) is 3.59. The van der Waals surface area contributed by atoms with Crippen LogP contribution in [-0.2, 0) is 18.4 Å². The van der Waals surface area contributed by atoms with Crippen molar-refractivity contribution in [3.63, 3.8) is 0 Å². The van der Waals surface area contributed by atoms with Crippen LogP contribution in [0.4, 0.5) is 5.82 Å². The van der Waals surface area contributed by atoms with E-state index in [9.17, 15) is 0 Å². The van der Waals surface area contributed by atoms with Crippen molar-refractivity contribution in [1.29, 1.82) is 0 Å². The van der Waals surface area contributed by atoms with Crippen LogP contribution in [-0.4, -0.2) is 9.97 Å². The number of halogens is 1. The molecular formula is C17H22ClN3. The summed E-state index contributed by atoms with van der Waals surface area (Å²) in [6, 6.07) is 8.64. The van der Waals surface area contributed by atoms with Crippen molar-refractivity contribution in [1.82, 2.24) is 9.97 Å². The highest BCUT2D eigenvalue weighted by molar-refractivity contribution is 6.33. The van der Waals surface area contributed by atoms with Crippen molar-refractivity contribution in [2.75, 3.05) is 5.32 Å². The van der Waals surface area contributed by atoms with Crippen molar-refractivity contribution in [2.45, 2.75) is 46.1 Å². The first-order valence-corrected chi connectivity index (χ1v) is 7.62. The van der Waals surface area contributed by atoms with Gasteiger partial charge in [0, 0.05) is 6.54 Å². The van der Waals surface area contributed by atoms with Crippen LogP contribution in [0.2, 0.25) is 5.02 Å². The van der Waals surface area contributed by atoms with Gasteiger partial charge in [0.05, 0.1) is 5.69 Å². The van der Waals surface area contributed by atoms with Gasteiger partial charge in [-0.25, -0.2) is 9.97 Å². The molecule has 1 aromatic carbocycles. The van der Waals surface area contributed by atoms with E-state index in [4.69, 9.17) is 11.6 Å². The average Bonchev–Trinajstić information content (AvgIpc) is 2.46. The fourth-order valence-corrected chi connectivity index (χ4v) is 2.38. The van der Waals surface area contributed by atoms with Gasteiger partial charge >= 0.3 is 0 Å². The lowest BCUT2D eigenvalue weighted by atomic mass is 9.87. The van der Waals surface area contributed by atoms with Crippen LogP contribution in [0.25, 0.3) is 0 Å². The van der Waals surface area contributed by atoms with Crippen LogP contribution in [0.5, 0.6) is 0 Å². The predicted molar refractivity (Wildman–Crippen MR) is 88.9 cm³/mol. The Bertz CT molecular complexity index is 600. The fourth-order valence-electron chi connectivity index (χ4n) is 2.08. The molecule has 0 amide bonds. The summed E-state index contributed by atoms with van der Waals surface area (Å²) < 4.78 is 0. The molecule has 0 bridgehead atoms. The second kappa shape index (κ2) is 6.44. The van der Waals surface area contributed by atoms with E-state index in [1.54, 1.807) is 6.33 Å². The van der Waals surface area contributed by atoms with E-state index >= 15 is 0 Å². The van der Waals surface area contributed by atoms with Gasteiger partial charge in [-0.2, -0.15) is 0 Å². The first kappa shape index (κ1) is 15.8. The second-order valence-electron chi connectivity index (χ2n) is 6.14. The highest BCUT2D eigenvalue weighted by atomic mass is 35.5. The van der Waals surface area contributed by atoms with Crippen LogP contribution in [0.15, 0.2) is 30.6 Å². The second-order valence-corrected chi connectivity index (χ2v) is 6.51. The summed E-state index contributed by atoms with van der Waals surface area (Å²) in [5, 5.41) is 3.90. The third-order valence-electron chi connectivity index (χ3n) is 3.48. The van der Waals surface area contributed by atoms with Gasteiger partial charge in [0.15, 0.2) is 0 Å². The molecule has 1 heterocycles. The summed E-state index contributed by atoms with van der Waals surface area (Å²) >= 11 is 6.27. The number of anilines is 1. The number of nitrogens with zero attached hydrogens (tertiary/aromatic N) is 2. The normalized spacial score (nSPS) is 11.5. The molecule has 0 atom stereocenters. The van der Waals surface area contributed by atoms with Gasteiger partial charge in [-0.3, -0.25) is 0 Å². The van der Waals surface area contributed by atoms with Crippen molar-refractivity contribution >= 4 is 17.4 Å². The monoisotopic (exact) mass is 303 g/mol. The Labute approximate surface area is 131 Å². The highest BCUT2D eigenvalue weighted by Gasteiger charge is 2.13. The number of aromatic nitrogens is 2. The van der Waals surface area contributed by atoms with Crippen molar-refractivity contribution in [3.05, 3.63) is 52.4 Å². The molecular weight excluding hydrogens is 282 g/mol. The van der Waals surface area contributed by atoms with Crippen LogP contribution in [0.3, 0.4) is 0 Å². The molecule has 0 aliphatic heterocycles. The molecule has 0 saturated carbocycles. The molecule has 112 valence electrons. The van der Waals surface area contributed by atoms with Gasteiger partial charge < -0.3 is 5.32 Å². The number of nitrogens with one attached hydrogen (secondary N) is 1. The Hall–Kier alpha value is -1.61. The molecule has 0 aliphatic carbocycles. The van der Waals surface area contributed by atoms with Gasteiger partial charge in [0.1, 0.15) is 17.2 Å². The lowest BCUT2D eigenvalue weighted by Gasteiger charge is -2.19. The Morgan fingerprint density at radius 2 is 1.76 bits per heavy atom. The number of hydrogen-bond acceptors (Lipinski definition) is 3. The number of aryl methyl sites for hydroxylation is 1. The summed E-state index contributed by atoms with van der Waals surface area (Å²) in [4.78, 5) is 8.37. The maximum atomic E-state index is 6.27. The molecule has 0 fully saturated rings. The molecule has 4 heteroatoms. The minimum atomic E-state index is 0.179. The van der Waals surface area contributed by atoms with E-state index in [1.165, 1.54) is 11.1 Å². The quantitative estimate of drug-likeness (QED) is 0.897. The smallest absolute Gasteiger partial charge is 0.148 e. The SMILES string of the molecule is CCc1ncnc(NCc2ccc(C(C)(C)C)cc2)c1Cl. The van der Waals surface area contributed by atoms with E-state index < -0.39 is 0 Å². The summed E-state index contributed by atoms with van der Waals surface area (Å²) in [7, 11) is 0. The molecule has 2 rings (SSSR count). The minimum absolute atomic E-state index is 0.179. The third kappa shape index (κ3) is 3.94.